The zero-order valence-electron chi connectivity index (χ0n) is 13.5. The van der Waals surface area contributed by atoms with E-state index in [2.05, 4.69) is 10.6 Å². The van der Waals surface area contributed by atoms with Crippen LogP contribution < -0.4 is 15.4 Å². The Morgan fingerprint density at radius 2 is 2.00 bits per heavy atom. The third-order valence-corrected chi connectivity index (χ3v) is 4.02. The van der Waals surface area contributed by atoms with Crippen LogP contribution in [0.2, 0.25) is 0 Å². The fourth-order valence-corrected chi connectivity index (χ4v) is 2.76. The summed E-state index contributed by atoms with van der Waals surface area (Å²) in [5, 5.41) is 16.3. The molecule has 1 fully saturated rings. The van der Waals surface area contributed by atoms with Crippen molar-refractivity contribution in [2.75, 3.05) is 13.7 Å². The van der Waals surface area contributed by atoms with Crippen LogP contribution in [-0.4, -0.2) is 36.4 Å². The molecule has 2 rings (SSSR count). The summed E-state index contributed by atoms with van der Waals surface area (Å²) >= 11 is 0. The van der Waals surface area contributed by atoms with Crippen molar-refractivity contribution in [3.63, 3.8) is 0 Å². The highest BCUT2D eigenvalue weighted by Crippen LogP contribution is 2.27. The van der Waals surface area contributed by atoms with Crippen LogP contribution in [0.5, 0.6) is 5.75 Å². The van der Waals surface area contributed by atoms with Gasteiger partial charge in [-0.15, -0.1) is 0 Å². The van der Waals surface area contributed by atoms with Gasteiger partial charge in [0.05, 0.1) is 18.6 Å². The van der Waals surface area contributed by atoms with Crippen LogP contribution in [0.3, 0.4) is 0 Å². The van der Waals surface area contributed by atoms with Crippen molar-refractivity contribution in [3.05, 3.63) is 33.9 Å². The number of carbonyl (C=O) groups is 2. The molecule has 0 aliphatic heterocycles. The highest BCUT2D eigenvalue weighted by molar-refractivity contribution is 5.97. The third-order valence-electron chi connectivity index (χ3n) is 4.02. The van der Waals surface area contributed by atoms with Gasteiger partial charge in [0.25, 0.3) is 5.91 Å². The zero-order chi connectivity index (χ0) is 17.5. The molecule has 2 N–H and O–H groups in total. The van der Waals surface area contributed by atoms with E-state index in [0.29, 0.717) is 0 Å². The Bertz CT molecular complexity index is 626. The SMILES string of the molecule is COc1ccc(C(=O)NCC(=O)NC2CCCCC2)cc1[N+](=O)[O-]. The van der Waals surface area contributed by atoms with Gasteiger partial charge in [0.2, 0.25) is 5.91 Å². The quantitative estimate of drug-likeness (QED) is 0.608. The van der Waals surface area contributed by atoms with E-state index >= 15 is 0 Å². The Hall–Kier alpha value is -2.64. The molecule has 0 unspecified atom stereocenters. The minimum Gasteiger partial charge on any atom is -0.490 e. The lowest BCUT2D eigenvalue weighted by molar-refractivity contribution is -0.385. The lowest BCUT2D eigenvalue weighted by Gasteiger charge is -2.22. The molecule has 0 saturated heterocycles. The molecule has 1 aliphatic carbocycles. The number of amides is 2. The Balaban J connectivity index is 1.91. The summed E-state index contributed by atoms with van der Waals surface area (Å²) in [6.45, 7) is -0.158. The molecule has 1 saturated carbocycles. The molecule has 0 radical (unpaired) electrons. The van der Waals surface area contributed by atoms with Crippen LogP contribution in [-0.2, 0) is 4.79 Å². The molecule has 2 amide bonds. The van der Waals surface area contributed by atoms with Crippen LogP contribution in [0.4, 0.5) is 5.69 Å². The Labute approximate surface area is 139 Å². The highest BCUT2D eigenvalue weighted by Gasteiger charge is 2.19. The van der Waals surface area contributed by atoms with Gasteiger partial charge >= 0.3 is 5.69 Å². The Morgan fingerprint density at radius 1 is 1.29 bits per heavy atom. The molecular formula is C16H21N3O5. The van der Waals surface area contributed by atoms with Gasteiger partial charge < -0.3 is 15.4 Å². The highest BCUT2D eigenvalue weighted by atomic mass is 16.6. The number of rotatable bonds is 6. The molecule has 0 heterocycles. The number of hydrogen-bond acceptors (Lipinski definition) is 5. The Kier molecular flexibility index (Phi) is 6.11. The number of nitro benzene ring substituents is 1. The maximum Gasteiger partial charge on any atom is 0.311 e. The molecule has 130 valence electrons. The van der Waals surface area contributed by atoms with Crippen LogP contribution in [0.1, 0.15) is 42.5 Å². The second-order valence-electron chi connectivity index (χ2n) is 5.73. The summed E-state index contributed by atoms with van der Waals surface area (Å²) < 4.78 is 4.89. The van der Waals surface area contributed by atoms with E-state index in [-0.39, 0.29) is 35.5 Å². The van der Waals surface area contributed by atoms with Gasteiger partial charge in [0, 0.05) is 17.7 Å². The number of methoxy groups -OCH3 is 1. The minimum absolute atomic E-state index is 0.0755. The zero-order valence-corrected chi connectivity index (χ0v) is 13.5. The van der Waals surface area contributed by atoms with Gasteiger partial charge in [-0.25, -0.2) is 0 Å². The summed E-state index contributed by atoms with van der Waals surface area (Å²) in [7, 11) is 1.32. The van der Waals surface area contributed by atoms with E-state index in [9.17, 15) is 19.7 Å². The molecule has 0 spiro atoms. The molecule has 8 heteroatoms. The molecule has 24 heavy (non-hydrogen) atoms. The number of nitrogens with one attached hydrogen (secondary N) is 2. The first-order chi connectivity index (χ1) is 11.5. The summed E-state index contributed by atoms with van der Waals surface area (Å²) in [5.41, 5.74) is -0.190. The molecule has 1 aromatic carbocycles. The lowest BCUT2D eigenvalue weighted by Crippen LogP contribution is -2.42. The number of carbonyl (C=O) groups excluding carboxylic acids is 2. The fourth-order valence-electron chi connectivity index (χ4n) is 2.76. The largest absolute Gasteiger partial charge is 0.490 e. The number of nitrogens with zero attached hydrogens (tertiary/aromatic N) is 1. The Morgan fingerprint density at radius 3 is 2.62 bits per heavy atom. The second-order valence-corrected chi connectivity index (χ2v) is 5.73. The lowest BCUT2D eigenvalue weighted by atomic mass is 9.95. The predicted molar refractivity (Wildman–Crippen MR) is 87.0 cm³/mol. The van der Waals surface area contributed by atoms with E-state index in [0.717, 1.165) is 31.7 Å². The smallest absolute Gasteiger partial charge is 0.311 e. The molecule has 8 nitrogen and oxygen atoms in total. The van der Waals surface area contributed by atoms with Crippen molar-refractivity contribution >= 4 is 17.5 Å². The molecular weight excluding hydrogens is 314 g/mol. The number of ether oxygens (including phenoxy) is 1. The average Bonchev–Trinajstić information content (AvgIpc) is 2.59. The fraction of sp³-hybridized carbons (Fsp3) is 0.500. The molecule has 0 aromatic heterocycles. The van der Waals surface area contributed by atoms with Crippen LogP contribution in [0, 0.1) is 10.1 Å². The van der Waals surface area contributed by atoms with E-state index in [1.807, 2.05) is 0 Å². The van der Waals surface area contributed by atoms with Gasteiger partial charge in [-0.3, -0.25) is 19.7 Å². The third kappa shape index (κ3) is 4.68. The molecule has 1 aromatic rings. The van der Waals surface area contributed by atoms with Crippen molar-refractivity contribution in [1.82, 2.24) is 10.6 Å². The van der Waals surface area contributed by atoms with Gasteiger partial charge in [-0.2, -0.15) is 0 Å². The van der Waals surface area contributed by atoms with E-state index in [1.54, 1.807) is 0 Å². The monoisotopic (exact) mass is 335 g/mol. The normalized spacial score (nSPS) is 14.7. The summed E-state index contributed by atoms with van der Waals surface area (Å²) in [6, 6.07) is 4.08. The first-order valence-electron chi connectivity index (χ1n) is 7.91. The summed E-state index contributed by atoms with van der Waals surface area (Å²) in [5.74, 6) is -0.718. The summed E-state index contributed by atoms with van der Waals surface area (Å²) in [4.78, 5) is 34.3. The maximum atomic E-state index is 12.1. The molecule has 1 aliphatic rings. The van der Waals surface area contributed by atoms with Crippen molar-refractivity contribution in [2.45, 2.75) is 38.1 Å². The first-order valence-corrected chi connectivity index (χ1v) is 7.91. The second kappa shape index (κ2) is 8.28. The van der Waals surface area contributed by atoms with Crippen molar-refractivity contribution in [1.29, 1.82) is 0 Å². The first kappa shape index (κ1) is 17.7. The van der Waals surface area contributed by atoms with Crippen LogP contribution in [0.15, 0.2) is 18.2 Å². The van der Waals surface area contributed by atoms with Crippen LogP contribution in [0.25, 0.3) is 0 Å². The minimum atomic E-state index is -0.620. The topological polar surface area (TPSA) is 111 Å². The van der Waals surface area contributed by atoms with Gasteiger partial charge in [0.15, 0.2) is 5.75 Å². The van der Waals surface area contributed by atoms with E-state index in [4.69, 9.17) is 4.74 Å². The average molecular weight is 335 g/mol. The molecule has 0 bridgehead atoms. The van der Waals surface area contributed by atoms with Gasteiger partial charge in [0.1, 0.15) is 0 Å². The predicted octanol–water partition coefficient (Wildman–Crippen LogP) is 1.78. The van der Waals surface area contributed by atoms with E-state index < -0.39 is 10.8 Å². The van der Waals surface area contributed by atoms with Crippen LogP contribution >= 0.6 is 0 Å². The molecule has 0 atom stereocenters. The van der Waals surface area contributed by atoms with Crippen molar-refractivity contribution in [2.24, 2.45) is 0 Å². The van der Waals surface area contributed by atoms with Crippen molar-refractivity contribution in [3.8, 4) is 5.75 Å². The number of benzene rings is 1. The summed E-state index contributed by atoms with van der Waals surface area (Å²) in [6.07, 6.45) is 5.33. The standard InChI is InChI=1S/C16H21N3O5/c1-24-14-8-7-11(9-13(14)19(22)23)16(21)17-10-15(20)18-12-5-3-2-4-6-12/h7-9,12H,2-6,10H2,1H3,(H,17,21)(H,18,20). The van der Waals surface area contributed by atoms with Crippen molar-refractivity contribution < 1.29 is 19.2 Å². The van der Waals surface area contributed by atoms with Gasteiger partial charge in [-0.1, -0.05) is 19.3 Å². The number of hydrogen-bond donors (Lipinski definition) is 2. The number of nitro groups is 1. The maximum absolute atomic E-state index is 12.1. The van der Waals surface area contributed by atoms with Gasteiger partial charge in [-0.05, 0) is 25.0 Å². The van der Waals surface area contributed by atoms with E-state index in [1.165, 1.54) is 25.7 Å².